The zero-order valence-corrected chi connectivity index (χ0v) is 12.9. The highest BCUT2D eigenvalue weighted by Gasteiger charge is 2.31. The molecule has 1 saturated heterocycles. The summed E-state index contributed by atoms with van der Waals surface area (Å²) in [7, 11) is 2.05. The van der Waals surface area contributed by atoms with Gasteiger partial charge in [0.2, 0.25) is 5.91 Å². The van der Waals surface area contributed by atoms with Crippen LogP contribution < -0.4 is 5.32 Å². The molecule has 0 radical (unpaired) electrons. The number of carbonyl (C=O) groups excluding carboxylic acids is 1. The lowest BCUT2D eigenvalue weighted by Gasteiger charge is -2.30. The lowest BCUT2D eigenvalue weighted by molar-refractivity contribution is -0.131. The second kappa shape index (κ2) is 6.25. The minimum Gasteiger partial charge on any atom is -0.341 e. The molecule has 2 rings (SSSR count). The Kier molecular flexibility index (Phi) is 4.88. The molecule has 2 aliphatic rings. The van der Waals surface area contributed by atoms with Crippen LogP contribution in [0.1, 0.15) is 58.8 Å². The van der Waals surface area contributed by atoms with Gasteiger partial charge in [0.25, 0.3) is 0 Å². The summed E-state index contributed by atoms with van der Waals surface area (Å²) in [5, 5.41) is 3.46. The summed E-state index contributed by atoms with van der Waals surface area (Å²) in [6.45, 7) is 6.43. The molecule has 1 N–H and O–H groups in total. The Bertz CT molecular complexity index is 308. The van der Waals surface area contributed by atoms with E-state index in [1.807, 2.05) is 0 Å². The van der Waals surface area contributed by atoms with E-state index >= 15 is 0 Å². The highest BCUT2D eigenvalue weighted by atomic mass is 16.2. The zero-order chi connectivity index (χ0) is 13.9. The number of rotatable bonds is 4. The highest BCUT2D eigenvalue weighted by Crippen LogP contribution is 2.32. The minimum absolute atomic E-state index is 0.326. The Morgan fingerprint density at radius 3 is 2.63 bits per heavy atom. The summed E-state index contributed by atoms with van der Waals surface area (Å²) < 4.78 is 0. The number of carbonyl (C=O) groups is 1. The first kappa shape index (κ1) is 14.8. The maximum Gasteiger partial charge on any atom is 0.222 e. The number of hydrogen-bond acceptors (Lipinski definition) is 2. The van der Waals surface area contributed by atoms with Crippen molar-refractivity contribution in [1.29, 1.82) is 0 Å². The molecule has 0 aromatic rings. The van der Waals surface area contributed by atoms with E-state index in [0.717, 1.165) is 38.3 Å². The third-order valence-electron chi connectivity index (χ3n) is 5.18. The number of nitrogens with one attached hydrogen (secondary N) is 1. The van der Waals surface area contributed by atoms with Crippen LogP contribution in [0.15, 0.2) is 0 Å². The summed E-state index contributed by atoms with van der Waals surface area (Å²) in [6, 6.07) is 0.493. The third-order valence-corrected chi connectivity index (χ3v) is 5.18. The Morgan fingerprint density at radius 2 is 2.00 bits per heavy atom. The van der Waals surface area contributed by atoms with Gasteiger partial charge < -0.3 is 10.2 Å². The molecule has 1 atom stereocenters. The van der Waals surface area contributed by atoms with Gasteiger partial charge in [-0.15, -0.1) is 0 Å². The van der Waals surface area contributed by atoms with Crippen LogP contribution in [0.4, 0.5) is 0 Å². The van der Waals surface area contributed by atoms with Crippen molar-refractivity contribution < 1.29 is 4.79 Å². The van der Waals surface area contributed by atoms with Crippen LogP contribution in [0.2, 0.25) is 0 Å². The molecule has 1 aliphatic heterocycles. The van der Waals surface area contributed by atoms with E-state index in [1.54, 1.807) is 0 Å². The third kappa shape index (κ3) is 3.95. The van der Waals surface area contributed by atoms with Crippen LogP contribution in [0, 0.1) is 11.3 Å². The average Bonchev–Trinajstić information content (AvgIpc) is 2.86. The van der Waals surface area contributed by atoms with E-state index < -0.39 is 0 Å². The van der Waals surface area contributed by atoms with Gasteiger partial charge in [-0.1, -0.05) is 26.7 Å². The van der Waals surface area contributed by atoms with E-state index in [-0.39, 0.29) is 0 Å². The summed E-state index contributed by atoms with van der Waals surface area (Å²) in [5.41, 5.74) is 0.326. The largest absolute Gasteiger partial charge is 0.341 e. The Balaban J connectivity index is 1.94. The molecule has 0 aromatic heterocycles. The number of nitrogens with zero attached hydrogens (tertiary/aromatic N) is 1. The Labute approximate surface area is 118 Å². The topological polar surface area (TPSA) is 32.3 Å². The number of likely N-dealkylation sites (N-methyl/N-ethyl adjacent to an activating group) is 1. The summed E-state index contributed by atoms with van der Waals surface area (Å²) in [6.07, 6.45) is 8.30. The maximum absolute atomic E-state index is 12.3. The molecule has 0 bridgehead atoms. The fourth-order valence-corrected chi connectivity index (χ4v) is 3.56. The standard InChI is InChI=1S/C16H30N2O/c1-16(2)9-8-15(19)18(11-10-16)12-14(17-3)13-6-4-5-7-13/h13-14,17H,4-12H2,1-3H3. The Morgan fingerprint density at radius 1 is 1.32 bits per heavy atom. The molecule has 2 fully saturated rings. The van der Waals surface area contributed by atoms with Crippen LogP contribution in [-0.2, 0) is 4.79 Å². The lowest BCUT2D eigenvalue weighted by atomic mass is 9.85. The number of hydrogen-bond donors (Lipinski definition) is 1. The smallest absolute Gasteiger partial charge is 0.222 e. The van der Waals surface area contributed by atoms with Gasteiger partial charge in [0, 0.05) is 25.6 Å². The minimum atomic E-state index is 0.326. The van der Waals surface area contributed by atoms with Gasteiger partial charge in [-0.05, 0) is 44.1 Å². The molecule has 3 heteroatoms. The van der Waals surface area contributed by atoms with Crippen LogP contribution in [0.25, 0.3) is 0 Å². The molecule has 0 spiro atoms. The van der Waals surface area contributed by atoms with Crippen molar-refractivity contribution in [2.75, 3.05) is 20.1 Å². The highest BCUT2D eigenvalue weighted by molar-refractivity contribution is 5.76. The molecule has 19 heavy (non-hydrogen) atoms. The van der Waals surface area contributed by atoms with Gasteiger partial charge in [-0.2, -0.15) is 0 Å². The first-order valence-electron chi connectivity index (χ1n) is 7.97. The first-order valence-corrected chi connectivity index (χ1v) is 7.97. The van der Waals surface area contributed by atoms with Crippen molar-refractivity contribution in [1.82, 2.24) is 10.2 Å². The van der Waals surface area contributed by atoms with Crippen molar-refractivity contribution in [3.05, 3.63) is 0 Å². The van der Waals surface area contributed by atoms with Crippen LogP contribution in [-0.4, -0.2) is 37.0 Å². The molecular weight excluding hydrogens is 236 g/mol. The number of amides is 1. The molecule has 1 aliphatic carbocycles. The molecule has 110 valence electrons. The normalized spacial score (nSPS) is 26.5. The second-order valence-electron chi connectivity index (χ2n) is 7.19. The summed E-state index contributed by atoms with van der Waals surface area (Å²) in [4.78, 5) is 14.4. The molecule has 0 aromatic carbocycles. The molecule has 1 unspecified atom stereocenters. The molecular formula is C16H30N2O. The predicted molar refractivity (Wildman–Crippen MR) is 79.0 cm³/mol. The van der Waals surface area contributed by atoms with Crippen LogP contribution in [0.3, 0.4) is 0 Å². The van der Waals surface area contributed by atoms with E-state index in [2.05, 4.69) is 31.1 Å². The van der Waals surface area contributed by atoms with Gasteiger partial charge in [-0.3, -0.25) is 4.79 Å². The van der Waals surface area contributed by atoms with Crippen LogP contribution in [0.5, 0.6) is 0 Å². The van der Waals surface area contributed by atoms with Crippen LogP contribution >= 0.6 is 0 Å². The second-order valence-corrected chi connectivity index (χ2v) is 7.19. The van der Waals surface area contributed by atoms with E-state index in [0.29, 0.717) is 17.4 Å². The van der Waals surface area contributed by atoms with E-state index in [4.69, 9.17) is 0 Å². The summed E-state index contributed by atoms with van der Waals surface area (Å²) >= 11 is 0. The fraction of sp³-hybridized carbons (Fsp3) is 0.938. The van der Waals surface area contributed by atoms with Crippen molar-refractivity contribution in [2.45, 2.75) is 64.8 Å². The van der Waals surface area contributed by atoms with Gasteiger partial charge >= 0.3 is 0 Å². The maximum atomic E-state index is 12.3. The number of likely N-dealkylation sites (tertiary alicyclic amines) is 1. The predicted octanol–water partition coefficient (Wildman–Crippen LogP) is 2.80. The average molecular weight is 266 g/mol. The van der Waals surface area contributed by atoms with E-state index in [1.165, 1.54) is 25.7 Å². The molecule has 1 amide bonds. The van der Waals surface area contributed by atoms with Gasteiger partial charge in [0.1, 0.15) is 0 Å². The lowest BCUT2D eigenvalue weighted by Crippen LogP contribution is -2.45. The molecule has 1 heterocycles. The van der Waals surface area contributed by atoms with Gasteiger partial charge in [0.05, 0.1) is 0 Å². The van der Waals surface area contributed by atoms with Gasteiger partial charge in [-0.25, -0.2) is 0 Å². The van der Waals surface area contributed by atoms with Crippen molar-refractivity contribution in [3.63, 3.8) is 0 Å². The molecule has 1 saturated carbocycles. The monoisotopic (exact) mass is 266 g/mol. The van der Waals surface area contributed by atoms with E-state index in [9.17, 15) is 4.79 Å². The van der Waals surface area contributed by atoms with Crippen molar-refractivity contribution in [2.24, 2.45) is 11.3 Å². The van der Waals surface area contributed by atoms with Gasteiger partial charge in [0.15, 0.2) is 0 Å². The van der Waals surface area contributed by atoms with Crippen molar-refractivity contribution in [3.8, 4) is 0 Å². The molecule has 3 nitrogen and oxygen atoms in total. The zero-order valence-electron chi connectivity index (χ0n) is 12.9. The fourth-order valence-electron chi connectivity index (χ4n) is 3.56. The Hall–Kier alpha value is -0.570. The van der Waals surface area contributed by atoms with Crippen molar-refractivity contribution >= 4 is 5.91 Å². The SMILES string of the molecule is CNC(CN1CCC(C)(C)CCC1=O)C1CCCC1. The first-order chi connectivity index (χ1) is 9.02. The summed E-state index contributed by atoms with van der Waals surface area (Å²) in [5.74, 6) is 1.14. The quantitative estimate of drug-likeness (QED) is 0.848.